The molecule has 0 aliphatic carbocycles. The zero-order chi connectivity index (χ0) is 10.7. The monoisotopic (exact) mass is 214 g/mol. The van der Waals surface area contributed by atoms with E-state index in [1.807, 2.05) is 18.2 Å². The van der Waals surface area contributed by atoms with E-state index in [1.54, 1.807) is 17.4 Å². The van der Waals surface area contributed by atoms with Gasteiger partial charge in [0.05, 0.1) is 11.6 Å². The lowest BCUT2D eigenvalue weighted by Gasteiger charge is -1.97. The van der Waals surface area contributed by atoms with Crippen LogP contribution < -0.4 is 5.73 Å². The smallest absolute Gasteiger partial charge is 0.0991 e. The van der Waals surface area contributed by atoms with Gasteiger partial charge in [0.15, 0.2) is 0 Å². The number of hydrogen-bond acceptors (Lipinski definition) is 3. The molecule has 0 spiro atoms. The lowest BCUT2D eigenvalue weighted by molar-refractivity contribution is 1.11. The number of benzene rings is 1. The van der Waals surface area contributed by atoms with Crippen molar-refractivity contribution >= 4 is 11.3 Å². The number of rotatable bonds is 2. The number of nitrogens with two attached hydrogens (primary N) is 1. The van der Waals surface area contributed by atoms with Gasteiger partial charge >= 0.3 is 0 Å². The fourth-order valence-electron chi connectivity index (χ4n) is 1.41. The zero-order valence-corrected chi connectivity index (χ0v) is 8.92. The Morgan fingerprint density at radius 3 is 2.80 bits per heavy atom. The molecule has 1 aromatic heterocycles. The van der Waals surface area contributed by atoms with Crippen LogP contribution in [0, 0.1) is 11.3 Å². The van der Waals surface area contributed by atoms with Crippen LogP contribution in [0.5, 0.6) is 0 Å². The predicted molar refractivity (Wildman–Crippen MR) is 62.4 cm³/mol. The molecule has 74 valence electrons. The fraction of sp³-hybridized carbons (Fsp3) is 0.0833. The maximum absolute atomic E-state index is 8.79. The zero-order valence-electron chi connectivity index (χ0n) is 8.10. The van der Waals surface area contributed by atoms with Crippen molar-refractivity contribution in [2.75, 3.05) is 0 Å². The standard InChI is InChI=1S/C12H10N2S/c13-6-9-2-1-3-10(4-9)11-5-12(7-14)15-8-11/h1-5,8H,7,14H2. The van der Waals surface area contributed by atoms with E-state index in [0.717, 1.165) is 16.0 Å². The Bertz CT molecular complexity index is 508. The van der Waals surface area contributed by atoms with Crippen molar-refractivity contribution in [1.82, 2.24) is 0 Å². The van der Waals surface area contributed by atoms with Crippen LogP contribution in [0.2, 0.25) is 0 Å². The van der Waals surface area contributed by atoms with Crippen molar-refractivity contribution in [2.24, 2.45) is 5.73 Å². The third kappa shape index (κ3) is 2.07. The molecule has 2 rings (SSSR count). The molecule has 1 heterocycles. The van der Waals surface area contributed by atoms with E-state index in [-0.39, 0.29) is 0 Å². The molecule has 15 heavy (non-hydrogen) atoms. The molecule has 2 nitrogen and oxygen atoms in total. The second-order valence-electron chi connectivity index (χ2n) is 3.20. The van der Waals surface area contributed by atoms with Gasteiger partial charge in [0.1, 0.15) is 0 Å². The van der Waals surface area contributed by atoms with E-state index in [4.69, 9.17) is 11.0 Å². The number of thiophene rings is 1. The second kappa shape index (κ2) is 4.26. The highest BCUT2D eigenvalue weighted by atomic mass is 32.1. The Kier molecular flexibility index (Phi) is 2.82. The van der Waals surface area contributed by atoms with Crippen LogP contribution >= 0.6 is 11.3 Å². The van der Waals surface area contributed by atoms with Crippen molar-refractivity contribution in [2.45, 2.75) is 6.54 Å². The molecule has 0 atom stereocenters. The second-order valence-corrected chi connectivity index (χ2v) is 4.19. The van der Waals surface area contributed by atoms with Crippen LogP contribution in [0.15, 0.2) is 35.7 Å². The average molecular weight is 214 g/mol. The van der Waals surface area contributed by atoms with Crippen molar-refractivity contribution in [3.05, 3.63) is 46.2 Å². The molecule has 0 radical (unpaired) electrons. The largest absolute Gasteiger partial charge is 0.326 e. The summed E-state index contributed by atoms with van der Waals surface area (Å²) in [6.07, 6.45) is 0. The number of nitrogens with zero attached hydrogens (tertiary/aromatic N) is 1. The molecule has 0 unspecified atom stereocenters. The Morgan fingerprint density at radius 1 is 1.27 bits per heavy atom. The highest BCUT2D eigenvalue weighted by molar-refractivity contribution is 7.10. The van der Waals surface area contributed by atoms with Gasteiger partial charge in [0.2, 0.25) is 0 Å². The molecule has 2 aromatic rings. The fourth-order valence-corrected chi connectivity index (χ4v) is 2.18. The molecule has 0 aliphatic heterocycles. The van der Waals surface area contributed by atoms with Crippen LogP contribution in [-0.2, 0) is 6.54 Å². The molecule has 0 saturated carbocycles. The summed E-state index contributed by atoms with van der Waals surface area (Å²) in [5.74, 6) is 0. The van der Waals surface area contributed by atoms with Crippen LogP contribution in [0.1, 0.15) is 10.4 Å². The summed E-state index contributed by atoms with van der Waals surface area (Å²) in [5.41, 5.74) is 8.45. The molecule has 1 aromatic carbocycles. The van der Waals surface area contributed by atoms with Gasteiger partial charge in [-0.05, 0) is 34.7 Å². The summed E-state index contributed by atoms with van der Waals surface area (Å²) in [7, 11) is 0. The van der Waals surface area contributed by atoms with Crippen LogP contribution in [0.3, 0.4) is 0 Å². The Labute approximate surface area is 92.6 Å². The summed E-state index contributed by atoms with van der Waals surface area (Å²) in [6.45, 7) is 0.572. The van der Waals surface area contributed by atoms with E-state index in [2.05, 4.69) is 17.5 Å². The third-order valence-corrected chi connectivity index (χ3v) is 3.14. The first-order valence-electron chi connectivity index (χ1n) is 4.61. The first-order valence-corrected chi connectivity index (χ1v) is 5.49. The van der Waals surface area contributed by atoms with Crippen molar-refractivity contribution < 1.29 is 0 Å². The molecule has 0 amide bonds. The van der Waals surface area contributed by atoms with Crippen LogP contribution in [-0.4, -0.2) is 0 Å². The van der Waals surface area contributed by atoms with Crippen molar-refractivity contribution in [3.8, 4) is 17.2 Å². The summed E-state index contributed by atoms with van der Waals surface area (Å²) in [6, 6.07) is 11.8. The first kappa shape index (κ1) is 9.91. The summed E-state index contributed by atoms with van der Waals surface area (Å²) < 4.78 is 0. The minimum Gasteiger partial charge on any atom is -0.326 e. The highest BCUT2D eigenvalue weighted by Gasteiger charge is 2.02. The molecule has 0 saturated heterocycles. The topological polar surface area (TPSA) is 49.8 Å². The van der Waals surface area contributed by atoms with Crippen LogP contribution in [0.25, 0.3) is 11.1 Å². The number of nitriles is 1. The normalized spacial score (nSPS) is 9.87. The molecule has 2 N–H and O–H groups in total. The van der Waals surface area contributed by atoms with Gasteiger partial charge in [0.25, 0.3) is 0 Å². The van der Waals surface area contributed by atoms with E-state index in [1.165, 1.54) is 0 Å². The van der Waals surface area contributed by atoms with Gasteiger partial charge < -0.3 is 5.73 Å². The van der Waals surface area contributed by atoms with E-state index >= 15 is 0 Å². The SMILES string of the molecule is N#Cc1cccc(-c2csc(CN)c2)c1. The molecular weight excluding hydrogens is 204 g/mol. The van der Waals surface area contributed by atoms with Crippen molar-refractivity contribution in [3.63, 3.8) is 0 Å². The first-order chi connectivity index (χ1) is 7.33. The highest BCUT2D eigenvalue weighted by Crippen LogP contribution is 2.25. The number of hydrogen-bond donors (Lipinski definition) is 1. The van der Waals surface area contributed by atoms with Gasteiger partial charge in [0, 0.05) is 11.4 Å². The van der Waals surface area contributed by atoms with Crippen LogP contribution in [0.4, 0.5) is 0 Å². The van der Waals surface area contributed by atoms with Gasteiger partial charge in [-0.25, -0.2) is 0 Å². The average Bonchev–Trinajstić information content (AvgIpc) is 2.78. The van der Waals surface area contributed by atoms with Gasteiger partial charge in [-0.2, -0.15) is 5.26 Å². The predicted octanol–water partition coefficient (Wildman–Crippen LogP) is 2.75. The van der Waals surface area contributed by atoms with Gasteiger partial charge in [-0.3, -0.25) is 0 Å². The Balaban J connectivity index is 2.41. The van der Waals surface area contributed by atoms with Crippen molar-refractivity contribution in [1.29, 1.82) is 5.26 Å². The molecular formula is C12H10N2S. The Hall–Kier alpha value is -1.63. The maximum Gasteiger partial charge on any atom is 0.0991 e. The minimum atomic E-state index is 0.572. The summed E-state index contributed by atoms with van der Waals surface area (Å²) in [5, 5.41) is 10.9. The lowest BCUT2D eigenvalue weighted by Crippen LogP contribution is -1.91. The Morgan fingerprint density at radius 2 is 2.13 bits per heavy atom. The maximum atomic E-state index is 8.79. The van der Waals surface area contributed by atoms with Gasteiger partial charge in [-0.1, -0.05) is 12.1 Å². The molecule has 0 bridgehead atoms. The van der Waals surface area contributed by atoms with E-state index in [9.17, 15) is 0 Å². The minimum absolute atomic E-state index is 0.572. The van der Waals surface area contributed by atoms with E-state index in [0.29, 0.717) is 12.1 Å². The summed E-state index contributed by atoms with van der Waals surface area (Å²) in [4.78, 5) is 1.16. The summed E-state index contributed by atoms with van der Waals surface area (Å²) >= 11 is 1.65. The quantitative estimate of drug-likeness (QED) is 0.835. The van der Waals surface area contributed by atoms with Gasteiger partial charge in [-0.15, -0.1) is 11.3 Å². The van der Waals surface area contributed by atoms with E-state index < -0.39 is 0 Å². The molecule has 3 heteroatoms. The lowest BCUT2D eigenvalue weighted by atomic mass is 10.1. The molecule has 0 fully saturated rings. The third-order valence-electron chi connectivity index (χ3n) is 2.18. The molecule has 0 aliphatic rings.